The standard InChI is InChI=1S/C26H20ClFN6O2/c1-14(31-23-17(13-30-26(29)33-23)15-10-11-21(35)19(28)12-15)24-32-20-9-5-8-18(27)22(20)25(36)34(24)16-6-3-2-4-7-16/h2-14,35H,1H3,(H3,29,30,31,33)/t14-/m1/s1. The lowest BCUT2D eigenvalue weighted by Gasteiger charge is -2.21. The van der Waals surface area contributed by atoms with Crippen molar-refractivity contribution in [2.24, 2.45) is 0 Å². The Labute approximate surface area is 209 Å². The molecule has 8 nitrogen and oxygen atoms in total. The first kappa shape index (κ1) is 23.3. The van der Waals surface area contributed by atoms with Gasteiger partial charge in [-0.2, -0.15) is 4.98 Å². The number of phenols is 1. The number of nitrogen functional groups attached to an aromatic ring is 1. The molecule has 0 aliphatic rings. The number of fused-ring (bicyclic) bond motifs is 1. The number of hydrogen-bond donors (Lipinski definition) is 3. The number of nitrogens with one attached hydrogen (secondary N) is 1. The average molecular weight is 503 g/mol. The van der Waals surface area contributed by atoms with Crippen LogP contribution >= 0.6 is 11.6 Å². The van der Waals surface area contributed by atoms with E-state index in [1.165, 1.54) is 22.9 Å². The molecule has 180 valence electrons. The lowest BCUT2D eigenvalue weighted by molar-refractivity contribution is 0.432. The van der Waals surface area contributed by atoms with E-state index in [1.807, 2.05) is 25.1 Å². The van der Waals surface area contributed by atoms with Crippen molar-refractivity contribution in [1.29, 1.82) is 0 Å². The van der Waals surface area contributed by atoms with Crippen LogP contribution in [0.1, 0.15) is 18.8 Å². The summed E-state index contributed by atoms with van der Waals surface area (Å²) in [4.78, 5) is 26.7. The number of aromatic nitrogens is 4. The summed E-state index contributed by atoms with van der Waals surface area (Å²) in [5.41, 5.74) is 7.48. The highest BCUT2D eigenvalue weighted by Gasteiger charge is 2.21. The highest BCUT2D eigenvalue weighted by atomic mass is 35.5. The molecule has 0 spiro atoms. The third kappa shape index (κ3) is 4.20. The molecule has 3 aromatic carbocycles. The minimum absolute atomic E-state index is 0.00593. The predicted molar refractivity (Wildman–Crippen MR) is 138 cm³/mol. The van der Waals surface area contributed by atoms with Gasteiger partial charge in [0.2, 0.25) is 5.95 Å². The van der Waals surface area contributed by atoms with Gasteiger partial charge in [0.15, 0.2) is 11.6 Å². The van der Waals surface area contributed by atoms with Crippen LogP contribution in [0.4, 0.5) is 16.2 Å². The van der Waals surface area contributed by atoms with Crippen molar-refractivity contribution >= 4 is 34.3 Å². The number of nitrogens with two attached hydrogens (primary N) is 1. The number of rotatable bonds is 5. The summed E-state index contributed by atoms with van der Waals surface area (Å²) in [7, 11) is 0. The number of anilines is 2. The summed E-state index contributed by atoms with van der Waals surface area (Å²) in [5, 5.41) is 13.4. The molecule has 2 aromatic heterocycles. The van der Waals surface area contributed by atoms with Crippen LogP contribution in [0.25, 0.3) is 27.7 Å². The van der Waals surface area contributed by atoms with Crippen LogP contribution in [-0.2, 0) is 0 Å². The normalized spacial score (nSPS) is 12.0. The van der Waals surface area contributed by atoms with Gasteiger partial charge in [0.1, 0.15) is 11.6 Å². The van der Waals surface area contributed by atoms with E-state index in [-0.39, 0.29) is 11.5 Å². The van der Waals surface area contributed by atoms with Gasteiger partial charge in [0.05, 0.1) is 27.7 Å². The fourth-order valence-corrected chi connectivity index (χ4v) is 4.24. The molecule has 0 saturated heterocycles. The summed E-state index contributed by atoms with van der Waals surface area (Å²) >= 11 is 6.37. The van der Waals surface area contributed by atoms with E-state index >= 15 is 0 Å². The Morgan fingerprint density at radius 3 is 2.61 bits per heavy atom. The summed E-state index contributed by atoms with van der Waals surface area (Å²) < 4.78 is 15.6. The van der Waals surface area contributed by atoms with E-state index in [9.17, 15) is 14.3 Å². The van der Waals surface area contributed by atoms with Crippen molar-refractivity contribution < 1.29 is 9.50 Å². The third-order valence-electron chi connectivity index (χ3n) is 5.69. The molecular formula is C26H20ClFN6O2. The Hall–Kier alpha value is -4.50. The van der Waals surface area contributed by atoms with Gasteiger partial charge in [-0.25, -0.2) is 14.4 Å². The number of hydrogen-bond acceptors (Lipinski definition) is 7. The first-order chi connectivity index (χ1) is 17.3. The monoisotopic (exact) mass is 502 g/mol. The number of aromatic hydroxyl groups is 1. The molecule has 0 aliphatic heterocycles. The SMILES string of the molecule is C[C@@H](Nc1nc(N)ncc1-c1ccc(O)c(F)c1)c1nc2cccc(Cl)c2c(=O)n1-c1ccccc1. The van der Waals surface area contributed by atoms with Crippen LogP contribution in [0.2, 0.25) is 5.02 Å². The van der Waals surface area contributed by atoms with Crippen molar-refractivity contribution in [1.82, 2.24) is 19.5 Å². The third-order valence-corrected chi connectivity index (χ3v) is 6.01. The minimum Gasteiger partial charge on any atom is -0.505 e. The highest BCUT2D eigenvalue weighted by Crippen LogP contribution is 2.32. The molecule has 0 radical (unpaired) electrons. The lowest BCUT2D eigenvalue weighted by atomic mass is 10.1. The zero-order chi connectivity index (χ0) is 25.4. The lowest BCUT2D eigenvalue weighted by Crippen LogP contribution is -2.27. The number of phenolic OH excluding ortho intramolecular Hbond substituents is 1. The van der Waals surface area contributed by atoms with Gasteiger partial charge in [-0.15, -0.1) is 0 Å². The molecule has 0 fully saturated rings. The van der Waals surface area contributed by atoms with Crippen molar-refractivity contribution in [3.8, 4) is 22.6 Å². The molecule has 36 heavy (non-hydrogen) atoms. The first-order valence-corrected chi connectivity index (χ1v) is 11.4. The number of para-hydroxylation sites is 1. The number of nitrogens with zero attached hydrogens (tertiary/aromatic N) is 4. The first-order valence-electron chi connectivity index (χ1n) is 11.0. The molecule has 5 rings (SSSR count). The van der Waals surface area contributed by atoms with Crippen LogP contribution in [0.5, 0.6) is 5.75 Å². The van der Waals surface area contributed by atoms with Gasteiger partial charge >= 0.3 is 0 Å². The maximum atomic E-state index is 14.1. The maximum Gasteiger partial charge on any atom is 0.267 e. The van der Waals surface area contributed by atoms with Crippen molar-refractivity contribution in [2.45, 2.75) is 13.0 Å². The minimum atomic E-state index is -0.783. The molecule has 0 bridgehead atoms. The van der Waals surface area contributed by atoms with Crippen molar-refractivity contribution in [2.75, 3.05) is 11.1 Å². The van der Waals surface area contributed by atoms with Crippen LogP contribution in [0, 0.1) is 5.82 Å². The Kier molecular flexibility index (Phi) is 5.99. The van der Waals surface area contributed by atoms with Crippen molar-refractivity contribution in [3.63, 3.8) is 0 Å². The quantitative estimate of drug-likeness (QED) is 0.306. The van der Waals surface area contributed by atoms with Gasteiger partial charge in [-0.3, -0.25) is 9.36 Å². The zero-order valence-corrected chi connectivity index (χ0v) is 19.7. The topological polar surface area (TPSA) is 119 Å². The van der Waals surface area contributed by atoms with Crippen molar-refractivity contribution in [3.05, 3.63) is 99.9 Å². The van der Waals surface area contributed by atoms with E-state index in [0.29, 0.717) is 44.4 Å². The summed E-state index contributed by atoms with van der Waals surface area (Å²) in [6.07, 6.45) is 1.46. The van der Waals surface area contributed by atoms with Gasteiger partial charge in [-0.05, 0) is 48.9 Å². The molecule has 0 aliphatic carbocycles. The molecule has 1 atom stereocenters. The second-order valence-corrected chi connectivity index (χ2v) is 8.51. The molecule has 0 saturated carbocycles. The molecule has 0 amide bonds. The van der Waals surface area contributed by atoms with Gasteiger partial charge in [0, 0.05) is 11.8 Å². The van der Waals surface area contributed by atoms with E-state index in [4.69, 9.17) is 22.3 Å². The smallest absolute Gasteiger partial charge is 0.267 e. The van der Waals surface area contributed by atoms with Crippen LogP contribution in [0.15, 0.2) is 77.7 Å². The largest absolute Gasteiger partial charge is 0.505 e. The van der Waals surface area contributed by atoms with Gasteiger partial charge in [0.25, 0.3) is 5.56 Å². The van der Waals surface area contributed by atoms with Crippen LogP contribution in [0.3, 0.4) is 0 Å². The maximum absolute atomic E-state index is 14.1. The summed E-state index contributed by atoms with van der Waals surface area (Å²) in [6, 6.07) is 17.6. The molecule has 5 aromatic rings. The Bertz CT molecular complexity index is 1660. The zero-order valence-electron chi connectivity index (χ0n) is 19.0. The Morgan fingerprint density at radius 1 is 1.08 bits per heavy atom. The van der Waals surface area contributed by atoms with Crippen LogP contribution in [-0.4, -0.2) is 24.6 Å². The molecule has 2 heterocycles. The predicted octanol–water partition coefficient (Wildman–Crippen LogP) is 5.10. The van der Waals surface area contributed by atoms with E-state index in [0.717, 1.165) is 0 Å². The van der Waals surface area contributed by atoms with E-state index < -0.39 is 17.6 Å². The van der Waals surface area contributed by atoms with Gasteiger partial charge in [-0.1, -0.05) is 41.9 Å². The Morgan fingerprint density at radius 2 is 1.86 bits per heavy atom. The fraction of sp³-hybridized carbons (Fsp3) is 0.0769. The highest BCUT2D eigenvalue weighted by molar-refractivity contribution is 6.35. The second-order valence-electron chi connectivity index (χ2n) is 8.10. The number of benzene rings is 3. The molecule has 4 N–H and O–H groups in total. The molecular weight excluding hydrogens is 483 g/mol. The summed E-state index contributed by atoms with van der Waals surface area (Å²) in [5.74, 6) is -0.536. The van der Waals surface area contributed by atoms with E-state index in [2.05, 4.69) is 15.3 Å². The second kappa shape index (κ2) is 9.27. The average Bonchev–Trinajstić information content (AvgIpc) is 2.86. The Balaban J connectivity index is 1.66. The summed E-state index contributed by atoms with van der Waals surface area (Å²) in [6.45, 7) is 1.82. The molecule has 10 heteroatoms. The molecule has 0 unspecified atom stereocenters. The number of halogens is 2. The fourth-order valence-electron chi connectivity index (χ4n) is 3.98. The van der Waals surface area contributed by atoms with Crippen LogP contribution < -0.4 is 16.6 Å². The van der Waals surface area contributed by atoms with E-state index in [1.54, 1.807) is 36.4 Å². The van der Waals surface area contributed by atoms with Gasteiger partial charge < -0.3 is 16.2 Å².